The average Bonchev–Trinajstić information content (AvgIpc) is 2.81. The molecule has 1 aromatic heterocycles. The fourth-order valence-corrected chi connectivity index (χ4v) is 3.67. The zero-order valence-electron chi connectivity index (χ0n) is 17.6. The third kappa shape index (κ3) is 5.68. The second kappa shape index (κ2) is 10.2. The number of carbonyl (C=O) groups excluding carboxylic acids is 1. The molecule has 1 aliphatic rings. The number of piperazine rings is 1. The second-order valence-electron chi connectivity index (χ2n) is 7.56. The predicted molar refractivity (Wildman–Crippen MR) is 128 cm³/mol. The first-order valence-electron chi connectivity index (χ1n) is 10.2. The highest BCUT2D eigenvalue weighted by Gasteiger charge is 2.15. The summed E-state index contributed by atoms with van der Waals surface area (Å²) < 4.78 is 5.46. The van der Waals surface area contributed by atoms with Crippen molar-refractivity contribution in [1.82, 2.24) is 15.1 Å². The molecule has 166 valence electrons. The van der Waals surface area contributed by atoms with Crippen LogP contribution in [0.4, 0.5) is 11.5 Å². The van der Waals surface area contributed by atoms with Crippen LogP contribution in [0.2, 0.25) is 10.0 Å². The van der Waals surface area contributed by atoms with E-state index in [0.717, 1.165) is 43.3 Å². The minimum Gasteiger partial charge on any atom is -0.482 e. The molecule has 1 fully saturated rings. The van der Waals surface area contributed by atoms with Gasteiger partial charge in [0.25, 0.3) is 5.91 Å². The summed E-state index contributed by atoms with van der Waals surface area (Å²) in [6.07, 6.45) is 0. The molecule has 0 aliphatic carbocycles. The number of aromatic nitrogens is 2. The van der Waals surface area contributed by atoms with E-state index < -0.39 is 0 Å². The molecule has 0 saturated carbocycles. The topological polar surface area (TPSA) is 70.6 Å². The molecule has 0 unspecified atom stereocenters. The molecule has 0 bridgehead atoms. The van der Waals surface area contributed by atoms with Crippen molar-refractivity contribution in [3.8, 4) is 17.0 Å². The van der Waals surface area contributed by atoms with Gasteiger partial charge in [0.1, 0.15) is 5.75 Å². The number of nitrogens with one attached hydrogen (secondary N) is 1. The number of hydrogen-bond acceptors (Lipinski definition) is 6. The summed E-state index contributed by atoms with van der Waals surface area (Å²) in [5, 5.41) is 12.4. The lowest BCUT2D eigenvalue weighted by molar-refractivity contribution is -0.118. The average molecular weight is 472 g/mol. The third-order valence-electron chi connectivity index (χ3n) is 5.19. The quantitative estimate of drug-likeness (QED) is 0.580. The highest BCUT2D eigenvalue weighted by atomic mass is 35.5. The van der Waals surface area contributed by atoms with Gasteiger partial charge in [-0.15, -0.1) is 10.2 Å². The maximum Gasteiger partial charge on any atom is 0.262 e. The fraction of sp³-hybridized carbons (Fsp3) is 0.261. The monoisotopic (exact) mass is 471 g/mol. The Morgan fingerprint density at radius 3 is 2.44 bits per heavy atom. The summed E-state index contributed by atoms with van der Waals surface area (Å²) in [5.74, 6) is 0.957. The van der Waals surface area contributed by atoms with Gasteiger partial charge in [0, 0.05) is 48.5 Å². The van der Waals surface area contributed by atoms with Gasteiger partial charge < -0.3 is 19.9 Å². The van der Waals surface area contributed by atoms with Gasteiger partial charge in [0.15, 0.2) is 12.4 Å². The van der Waals surface area contributed by atoms with Crippen LogP contribution in [0.1, 0.15) is 0 Å². The highest BCUT2D eigenvalue weighted by Crippen LogP contribution is 2.27. The predicted octanol–water partition coefficient (Wildman–Crippen LogP) is 4.22. The molecule has 2 aromatic carbocycles. The van der Waals surface area contributed by atoms with E-state index in [-0.39, 0.29) is 12.5 Å². The molecule has 7 nitrogen and oxygen atoms in total. The van der Waals surface area contributed by atoms with Crippen molar-refractivity contribution in [1.29, 1.82) is 0 Å². The first-order chi connectivity index (χ1) is 15.5. The van der Waals surface area contributed by atoms with Crippen molar-refractivity contribution in [3.05, 3.63) is 64.6 Å². The lowest BCUT2D eigenvalue weighted by Gasteiger charge is -2.32. The molecule has 32 heavy (non-hydrogen) atoms. The number of carbonyl (C=O) groups is 1. The van der Waals surface area contributed by atoms with Crippen LogP contribution in [0, 0.1) is 0 Å². The number of rotatable bonds is 6. The van der Waals surface area contributed by atoms with Crippen LogP contribution in [0.5, 0.6) is 5.75 Å². The number of amides is 1. The van der Waals surface area contributed by atoms with Crippen molar-refractivity contribution in [2.75, 3.05) is 50.1 Å². The zero-order valence-corrected chi connectivity index (χ0v) is 19.1. The van der Waals surface area contributed by atoms with Crippen molar-refractivity contribution in [2.45, 2.75) is 0 Å². The summed E-state index contributed by atoms with van der Waals surface area (Å²) in [6.45, 7) is 3.76. The molecule has 1 N–H and O–H groups in total. The third-order valence-corrected chi connectivity index (χ3v) is 5.74. The van der Waals surface area contributed by atoms with Gasteiger partial charge in [-0.05, 0) is 43.4 Å². The van der Waals surface area contributed by atoms with Crippen molar-refractivity contribution >= 4 is 40.6 Å². The number of anilines is 2. The van der Waals surface area contributed by atoms with E-state index in [1.165, 1.54) is 0 Å². The number of benzene rings is 2. The smallest absolute Gasteiger partial charge is 0.262 e. The van der Waals surface area contributed by atoms with Crippen LogP contribution >= 0.6 is 23.2 Å². The van der Waals surface area contributed by atoms with Crippen LogP contribution in [-0.4, -0.2) is 60.8 Å². The standard InChI is InChI=1S/C23H23Cl2N5O2/c1-29-10-12-30(13-11-29)22-9-8-20(27-28-22)16-2-5-18(6-3-16)26-23(31)15-32-21-14-17(24)4-7-19(21)25/h2-9,14H,10-13,15H2,1H3,(H,26,31). The molecule has 0 spiro atoms. The molecule has 1 aliphatic heterocycles. The molecule has 1 amide bonds. The first-order valence-corrected chi connectivity index (χ1v) is 11.0. The molecule has 2 heterocycles. The van der Waals surface area contributed by atoms with E-state index in [4.69, 9.17) is 27.9 Å². The Morgan fingerprint density at radius 1 is 1.00 bits per heavy atom. The second-order valence-corrected chi connectivity index (χ2v) is 8.40. The number of ether oxygens (including phenoxy) is 1. The first kappa shape index (κ1) is 22.3. The van der Waals surface area contributed by atoms with E-state index >= 15 is 0 Å². The molecule has 9 heteroatoms. The Balaban J connectivity index is 1.32. The summed E-state index contributed by atoms with van der Waals surface area (Å²) in [6, 6.07) is 16.2. The number of hydrogen-bond donors (Lipinski definition) is 1. The van der Waals surface area contributed by atoms with Crippen LogP contribution < -0.4 is 15.0 Å². The summed E-state index contributed by atoms with van der Waals surface area (Å²) in [5.41, 5.74) is 2.35. The Bertz CT molecular complexity index is 1070. The number of likely N-dealkylation sites (N-methyl/N-ethyl adjacent to an activating group) is 1. The molecule has 3 aromatic rings. The van der Waals surface area contributed by atoms with Gasteiger partial charge in [-0.2, -0.15) is 0 Å². The minimum absolute atomic E-state index is 0.180. The molecule has 4 rings (SSSR count). The van der Waals surface area contributed by atoms with Crippen LogP contribution in [-0.2, 0) is 4.79 Å². The highest BCUT2D eigenvalue weighted by molar-refractivity contribution is 6.34. The summed E-state index contributed by atoms with van der Waals surface area (Å²) in [7, 11) is 2.13. The Hall–Kier alpha value is -2.87. The molecule has 0 radical (unpaired) electrons. The van der Waals surface area contributed by atoms with E-state index in [1.807, 2.05) is 36.4 Å². The zero-order chi connectivity index (χ0) is 22.5. The van der Waals surface area contributed by atoms with E-state index in [1.54, 1.807) is 18.2 Å². The van der Waals surface area contributed by atoms with Crippen molar-refractivity contribution in [3.63, 3.8) is 0 Å². The molecular formula is C23H23Cl2N5O2. The molecule has 0 atom stereocenters. The summed E-state index contributed by atoms with van der Waals surface area (Å²) >= 11 is 12.0. The van der Waals surface area contributed by atoms with Gasteiger partial charge in [0.05, 0.1) is 10.7 Å². The van der Waals surface area contributed by atoms with Crippen LogP contribution in [0.15, 0.2) is 54.6 Å². The van der Waals surface area contributed by atoms with Crippen molar-refractivity contribution in [2.24, 2.45) is 0 Å². The maximum absolute atomic E-state index is 12.2. The van der Waals surface area contributed by atoms with Gasteiger partial charge in [-0.25, -0.2) is 0 Å². The summed E-state index contributed by atoms with van der Waals surface area (Å²) in [4.78, 5) is 16.7. The van der Waals surface area contributed by atoms with Gasteiger partial charge >= 0.3 is 0 Å². The lowest BCUT2D eigenvalue weighted by Crippen LogP contribution is -2.44. The Labute approximate surface area is 196 Å². The van der Waals surface area contributed by atoms with E-state index in [0.29, 0.717) is 21.5 Å². The lowest BCUT2D eigenvalue weighted by atomic mass is 10.1. The largest absolute Gasteiger partial charge is 0.482 e. The minimum atomic E-state index is -0.301. The normalized spacial score (nSPS) is 14.3. The van der Waals surface area contributed by atoms with Gasteiger partial charge in [0.2, 0.25) is 0 Å². The Morgan fingerprint density at radius 2 is 1.75 bits per heavy atom. The maximum atomic E-state index is 12.2. The SMILES string of the molecule is CN1CCN(c2ccc(-c3ccc(NC(=O)COc4cc(Cl)ccc4Cl)cc3)nn2)CC1. The van der Waals surface area contributed by atoms with E-state index in [9.17, 15) is 4.79 Å². The molecule has 1 saturated heterocycles. The van der Waals surface area contributed by atoms with Crippen molar-refractivity contribution < 1.29 is 9.53 Å². The van der Waals surface area contributed by atoms with Crippen LogP contribution in [0.25, 0.3) is 11.3 Å². The number of nitrogens with zero attached hydrogens (tertiary/aromatic N) is 4. The van der Waals surface area contributed by atoms with Crippen LogP contribution in [0.3, 0.4) is 0 Å². The number of halogens is 2. The van der Waals surface area contributed by atoms with Gasteiger partial charge in [-0.3, -0.25) is 4.79 Å². The Kier molecular flexibility index (Phi) is 7.09. The fourth-order valence-electron chi connectivity index (χ4n) is 3.34. The molecular weight excluding hydrogens is 449 g/mol. The van der Waals surface area contributed by atoms with E-state index in [2.05, 4.69) is 32.4 Å². The van der Waals surface area contributed by atoms with Gasteiger partial charge in [-0.1, -0.05) is 35.3 Å².